The topological polar surface area (TPSA) is 84.6 Å². The van der Waals surface area contributed by atoms with Gasteiger partial charge in [0.1, 0.15) is 0 Å². The van der Waals surface area contributed by atoms with E-state index in [4.69, 9.17) is 5.73 Å². The van der Waals surface area contributed by atoms with E-state index < -0.39 is 17.7 Å². The molecule has 1 unspecified atom stereocenters. The molecule has 5 nitrogen and oxygen atoms in total. The summed E-state index contributed by atoms with van der Waals surface area (Å²) in [5.74, 6) is -2.00. The molecule has 1 heterocycles. The lowest BCUT2D eigenvalue weighted by atomic mass is 10.1. The smallest absolute Gasteiger partial charge is 0.258 e. The fraction of sp³-hybridized carbons (Fsp3) is 0.250. The molecular weight excluding hydrogens is 122 g/mol. The second-order valence-electron chi connectivity index (χ2n) is 1.63. The Labute approximate surface area is 50.9 Å². The van der Waals surface area contributed by atoms with Crippen LogP contribution < -0.4 is 11.2 Å². The Hall–Kier alpha value is -1.39. The summed E-state index contributed by atoms with van der Waals surface area (Å²) in [4.78, 5) is 20.8. The van der Waals surface area contributed by atoms with Gasteiger partial charge in [0.15, 0.2) is 5.92 Å². The van der Waals surface area contributed by atoms with E-state index in [9.17, 15) is 9.59 Å². The van der Waals surface area contributed by atoms with E-state index in [1.807, 2.05) is 0 Å². The highest BCUT2D eigenvalue weighted by atomic mass is 16.2. The molecule has 0 spiro atoms. The molecule has 0 aromatic heterocycles. The van der Waals surface area contributed by atoms with E-state index in [1.165, 1.54) is 6.21 Å². The third-order valence-electron chi connectivity index (χ3n) is 0.987. The summed E-state index contributed by atoms with van der Waals surface area (Å²) in [5.41, 5.74) is 6.88. The van der Waals surface area contributed by atoms with E-state index in [2.05, 4.69) is 10.5 Å². The summed E-state index contributed by atoms with van der Waals surface area (Å²) in [6.45, 7) is 0. The van der Waals surface area contributed by atoms with Crippen LogP contribution in [-0.2, 0) is 9.59 Å². The summed E-state index contributed by atoms with van der Waals surface area (Å²) < 4.78 is 0. The third-order valence-corrected chi connectivity index (χ3v) is 0.987. The first-order chi connectivity index (χ1) is 4.22. The van der Waals surface area contributed by atoms with Crippen molar-refractivity contribution in [3.63, 3.8) is 0 Å². The van der Waals surface area contributed by atoms with Gasteiger partial charge in [-0.3, -0.25) is 9.59 Å². The number of nitrogens with one attached hydrogen (secondary N) is 1. The lowest BCUT2D eigenvalue weighted by Gasteiger charge is -1.94. The van der Waals surface area contributed by atoms with Gasteiger partial charge in [-0.15, -0.1) is 0 Å². The van der Waals surface area contributed by atoms with Crippen molar-refractivity contribution in [3.8, 4) is 0 Å². The van der Waals surface area contributed by atoms with Crippen LogP contribution in [0.1, 0.15) is 0 Å². The largest absolute Gasteiger partial charge is 0.369 e. The van der Waals surface area contributed by atoms with E-state index in [-0.39, 0.29) is 0 Å². The molecule has 0 saturated carbocycles. The van der Waals surface area contributed by atoms with Gasteiger partial charge in [0.25, 0.3) is 5.91 Å². The van der Waals surface area contributed by atoms with Crippen molar-refractivity contribution >= 4 is 18.0 Å². The Morgan fingerprint density at radius 1 is 1.89 bits per heavy atom. The molecule has 1 aliphatic heterocycles. The van der Waals surface area contributed by atoms with Gasteiger partial charge in [-0.1, -0.05) is 0 Å². The summed E-state index contributed by atoms with van der Waals surface area (Å²) in [7, 11) is 0. The second-order valence-corrected chi connectivity index (χ2v) is 1.63. The Balaban J connectivity index is 2.71. The van der Waals surface area contributed by atoms with Crippen LogP contribution in [0.4, 0.5) is 0 Å². The minimum absolute atomic E-state index is 0.456. The zero-order valence-electron chi connectivity index (χ0n) is 4.50. The maximum atomic E-state index is 10.5. The highest BCUT2D eigenvalue weighted by Gasteiger charge is 2.25. The van der Waals surface area contributed by atoms with Crippen LogP contribution in [0.5, 0.6) is 0 Å². The van der Waals surface area contributed by atoms with Gasteiger partial charge in [-0.05, 0) is 0 Å². The fourth-order valence-corrected chi connectivity index (χ4v) is 0.515. The number of nitrogens with zero attached hydrogens (tertiary/aromatic N) is 1. The Morgan fingerprint density at radius 3 is 2.78 bits per heavy atom. The Morgan fingerprint density at radius 2 is 2.56 bits per heavy atom. The van der Waals surface area contributed by atoms with Gasteiger partial charge >= 0.3 is 0 Å². The highest BCUT2D eigenvalue weighted by molar-refractivity contribution is 6.14. The van der Waals surface area contributed by atoms with Crippen LogP contribution in [0.2, 0.25) is 0 Å². The summed E-state index contributed by atoms with van der Waals surface area (Å²) in [5, 5.41) is 3.34. The molecule has 0 aliphatic carbocycles. The quantitative estimate of drug-likeness (QED) is 0.407. The van der Waals surface area contributed by atoms with Crippen molar-refractivity contribution in [2.24, 2.45) is 16.8 Å². The number of nitrogens with two attached hydrogens (primary N) is 1. The molecule has 1 aliphatic rings. The number of primary amides is 1. The van der Waals surface area contributed by atoms with Crippen LogP contribution in [0, 0.1) is 5.92 Å². The second kappa shape index (κ2) is 1.85. The first kappa shape index (κ1) is 5.74. The molecule has 9 heavy (non-hydrogen) atoms. The van der Waals surface area contributed by atoms with Gasteiger partial charge < -0.3 is 5.73 Å². The third kappa shape index (κ3) is 0.883. The van der Waals surface area contributed by atoms with Gasteiger partial charge in [-0.2, -0.15) is 5.10 Å². The molecule has 2 amide bonds. The molecular formula is C4H5N3O2. The predicted molar refractivity (Wildman–Crippen MR) is 29.3 cm³/mol. The fourth-order valence-electron chi connectivity index (χ4n) is 0.515. The van der Waals surface area contributed by atoms with Crippen LogP contribution in [0.15, 0.2) is 5.10 Å². The van der Waals surface area contributed by atoms with Crippen molar-refractivity contribution < 1.29 is 9.59 Å². The predicted octanol–water partition coefficient (Wildman–Crippen LogP) is -1.80. The lowest BCUT2D eigenvalue weighted by Crippen LogP contribution is -2.32. The molecule has 0 bridgehead atoms. The SMILES string of the molecule is NC(=O)C1C=NNC1=O. The summed E-state index contributed by atoms with van der Waals surface area (Å²) >= 11 is 0. The van der Waals surface area contributed by atoms with E-state index in [0.717, 1.165) is 0 Å². The average molecular weight is 127 g/mol. The van der Waals surface area contributed by atoms with Crippen LogP contribution in [0.3, 0.4) is 0 Å². The molecule has 0 saturated heterocycles. The van der Waals surface area contributed by atoms with Crippen molar-refractivity contribution in [1.82, 2.24) is 5.43 Å². The molecule has 0 aromatic carbocycles. The molecule has 1 rings (SSSR count). The normalized spacial score (nSPS) is 24.0. The maximum Gasteiger partial charge on any atom is 0.258 e. The maximum absolute atomic E-state index is 10.5. The average Bonchev–Trinajstić information content (AvgIpc) is 2.13. The first-order valence-corrected chi connectivity index (χ1v) is 2.34. The Bertz CT molecular complexity index is 186. The van der Waals surface area contributed by atoms with E-state index in [0.29, 0.717) is 0 Å². The number of carbonyl (C=O) groups excluding carboxylic acids is 2. The van der Waals surface area contributed by atoms with E-state index >= 15 is 0 Å². The Kier molecular flexibility index (Phi) is 1.18. The first-order valence-electron chi connectivity index (χ1n) is 2.34. The van der Waals surface area contributed by atoms with Crippen LogP contribution in [0.25, 0.3) is 0 Å². The van der Waals surface area contributed by atoms with Crippen molar-refractivity contribution in [2.45, 2.75) is 0 Å². The molecule has 48 valence electrons. The molecule has 1 atom stereocenters. The molecule has 0 fully saturated rings. The van der Waals surface area contributed by atoms with Crippen LogP contribution in [-0.4, -0.2) is 18.0 Å². The molecule has 3 N–H and O–H groups in total. The molecule has 5 heteroatoms. The highest BCUT2D eigenvalue weighted by Crippen LogP contribution is 1.96. The van der Waals surface area contributed by atoms with E-state index in [1.54, 1.807) is 0 Å². The number of rotatable bonds is 1. The minimum Gasteiger partial charge on any atom is -0.369 e. The van der Waals surface area contributed by atoms with Gasteiger partial charge in [0.05, 0.1) is 0 Å². The molecule has 0 aromatic rings. The zero-order valence-corrected chi connectivity index (χ0v) is 4.50. The van der Waals surface area contributed by atoms with Crippen LogP contribution >= 0.6 is 0 Å². The van der Waals surface area contributed by atoms with Gasteiger partial charge in [0, 0.05) is 6.21 Å². The minimum atomic E-state index is -0.870. The van der Waals surface area contributed by atoms with Gasteiger partial charge in [0.2, 0.25) is 5.91 Å². The van der Waals surface area contributed by atoms with Crippen molar-refractivity contribution in [3.05, 3.63) is 0 Å². The zero-order chi connectivity index (χ0) is 6.85. The van der Waals surface area contributed by atoms with Crippen molar-refractivity contribution in [1.29, 1.82) is 0 Å². The monoisotopic (exact) mass is 127 g/mol. The number of hydrogen-bond donors (Lipinski definition) is 2. The number of carbonyl (C=O) groups is 2. The summed E-state index contributed by atoms with van der Waals surface area (Å²) in [6, 6.07) is 0. The number of hydrogen-bond acceptors (Lipinski definition) is 3. The number of hydrazone groups is 1. The lowest BCUT2D eigenvalue weighted by molar-refractivity contribution is -0.129. The standard InChI is InChI=1S/C4H5N3O2/c5-3(8)2-1-6-7-4(2)9/h1-2H,(H2,5,8)(H,7,9). The molecule has 0 radical (unpaired) electrons. The van der Waals surface area contributed by atoms with Gasteiger partial charge in [-0.25, -0.2) is 5.43 Å². The summed E-state index contributed by atoms with van der Waals surface area (Å²) in [6.07, 6.45) is 1.19. The van der Waals surface area contributed by atoms with Crippen molar-refractivity contribution in [2.75, 3.05) is 0 Å². The number of amides is 2.